The summed E-state index contributed by atoms with van der Waals surface area (Å²) in [5.41, 5.74) is 1.12. The second kappa shape index (κ2) is 8.00. The van der Waals surface area contributed by atoms with E-state index in [1.165, 1.54) is 50.1 Å². The van der Waals surface area contributed by atoms with E-state index in [1.54, 1.807) is 0 Å². The minimum Gasteiger partial charge on any atom is -0.310 e. The molecule has 1 N–H and O–H groups in total. The molecule has 1 aliphatic rings. The van der Waals surface area contributed by atoms with Gasteiger partial charge >= 0.3 is 0 Å². The van der Waals surface area contributed by atoms with E-state index in [0.29, 0.717) is 0 Å². The van der Waals surface area contributed by atoms with Crippen LogP contribution in [0.4, 0.5) is 0 Å². The van der Waals surface area contributed by atoms with Crippen molar-refractivity contribution in [1.82, 2.24) is 10.2 Å². The summed E-state index contributed by atoms with van der Waals surface area (Å²) in [6.45, 7) is 7.98. The summed E-state index contributed by atoms with van der Waals surface area (Å²) in [6, 6.07) is 3.00. The molecule has 0 radical (unpaired) electrons. The Morgan fingerprint density at radius 3 is 2.90 bits per heavy atom. The number of halogens is 2. The van der Waals surface area contributed by atoms with Crippen LogP contribution in [0.15, 0.2) is 6.07 Å². The fourth-order valence-electron chi connectivity index (χ4n) is 2.85. The molecule has 0 aliphatic carbocycles. The van der Waals surface area contributed by atoms with Gasteiger partial charge in [0.05, 0.1) is 8.67 Å². The second-order valence-electron chi connectivity index (χ2n) is 5.69. The lowest BCUT2D eigenvalue weighted by Gasteiger charge is -2.33. The molecule has 0 aromatic carbocycles. The molecule has 0 spiro atoms. The minimum atomic E-state index is 0.269. The molecular weight excluding hydrogens is 311 g/mol. The van der Waals surface area contributed by atoms with Crippen molar-refractivity contribution in [2.45, 2.75) is 51.6 Å². The maximum Gasteiger partial charge on any atom is 0.0991 e. The van der Waals surface area contributed by atoms with Crippen molar-refractivity contribution in [1.29, 1.82) is 0 Å². The lowest BCUT2D eigenvalue weighted by molar-refractivity contribution is 0.158. The molecule has 2 atom stereocenters. The van der Waals surface area contributed by atoms with Crippen LogP contribution in [0.1, 0.15) is 51.1 Å². The summed E-state index contributed by atoms with van der Waals surface area (Å²) < 4.78 is 1.57. The van der Waals surface area contributed by atoms with Crippen molar-refractivity contribution in [3.8, 4) is 0 Å². The van der Waals surface area contributed by atoms with Crippen LogP contribution in [-0.4, -0.2) is 30.6 Å². The van der Waals surface area contributed by atoms with Gasteiger partial charge in [0.25, 0.3) is 0 Å². The van der Waals surface area contributed by atoms with E-state index in [9.17, 15) is 0 Å². The standard InChI is InChI=1S/C15H24Cl2N2S/c1-11-6-3-4-8-19(11)9-5-7-18-12(2)13-10-14(16)20-15(13)17/h10-12,18H,3-9H2,1-2H3. The van der Waals surface area contributed by atoms with Crippen LogP contribution in [0.25, 0.3) is 0 Å². The van der Waals surface area contributed by atoms with Gasteiger partial charge in [0.15, 0.2) is 0 Å². The molecule has 0 amide bonds. The third kappa shape index (κ3) is 4.60. The molecule has 5 heteroatoms. The van der Waals surface area contributed by atoms with Gasteiger partial charge in [-0.3, -0.25) is 0 Å². The highest BCUT2D eigenvalue weighted by atomic mass is 35.5. The zero-order valence-electron chi connectivity index (χ0n) is 12.3. The average Bonchev–Trinajstić information content (AvgIpc) is 2.75. The first kappa shape index (κ1) is 16.6. The van der Waals surface area contributed by atoms with E-state index in [-0.39, 0.29) is 6.04 Å². The molecule has 2 rings (SSSR count). The number of hydrogen-bond donors (Lipinski definition) is 1. The van der Waals surface area contributed by atoms with Gasteiger partial charge in [-0.05, 0) is 64.4 Å². The Hall–Kier alpha value is 0.200. The second-order valence-corrected chi connectivity index (χ2v) is 7.98. The van der Waals surface area contributed by atoms with E-state index in [2.05, 4.69) is 24.1 Å². The van der Waals surface area contributed by atoms with Crippen LogP contribution >= 0.6 is 34.5 Å². The van der Waals surface area contributed by atoms with Gasteiger partial charge in [0.1, 0.15) is 0 Å². The van der Waals surface area contributed by atoms with E-state index in [4.69, 9.17) is 23.2 Å². The summed E-state index contributed by atoms with van der Waals surface area (Å²) in [5.74, 6) is 0. The average molecular weight is 335 g/mol. The summed E-state index contributed by atoms with van der Waals surface area (Å²) in [7, 11) is 0. The van der Waals surface area contributed by atoms with Crippen molar-refractivity contribution in [2.24, 2.45) is 0 Å². The molecule has 2 heterocycles. The Balaban J connectivity index is 1.69. The van der Waals surface area contributed by atoms with Gasteiger partial charge in [-0.1, -0.05) is 29.6 Å². The normalized spacial score (nSPS) is 22.1. The van der Waals surface area contributed by atoms with E-state index >= 15 is 0 Å². The number of hydrogen-bond acceptors (Lipinski definition) is 3. The SMILES string of the molecule is CC(NCCCN1CCCCC1C)c1cc(Cl)sc1Cl. The maximum atomic E-state index is 6.18. The summed E-state index contributed by atoms with van der Waals surface area (Å²) in [5, 5.41) is 3.54. The number of thiophene rings is 1. The Morgan fingerprint density at radius 2 is 2.25 bits per heavy atom. The topological polar surface area (TPSA) is 15.3 Å². The molecule has 2 nitrogen and oxygen atoms in total. The number of likely N-dealkylation sites (tertiary alicyclic amines) is 1. The molecule has 1 saturated heterocycles. The lowest BCUT2D eigenvalue weighted by Crippen LogP contribution is -2.39. The molecule has 20 heavy (non-hydrogen) atoms. The minimum absolute atomic E-state index is 0.269. The zero-order chi connectivity index (χ0) is 14.5. The largest absolute Gasteiger partial charge is 0.310 e. The molecule has 0 bridgehead atoms. The van der Waals surface area contributed by atoms with Crippen LogP contribution in [0.5, 0.6) is 0 Å². The van der Waals surface area contributed by atoms with Crippen LogP contribution in [-0.2, 0) is 0 Å². The molecule has 1 aliphatic heterocycles. The maximum absolute atomic E-state index is 6.18. The highest BCUT2D eigenvalue weighted by Gasteiger charge is 2.17. The third-order valence-electron chi connectivity index (χ3n) is 4.16. The molecule has 0 saturated carbocycles. The predicted molar refractivity (Wildman–Crippen MR) is 90.3 cm³/mol. The number of piperidine rings is 1. The highest BCUT2D eigenvalue weighted by Crippen LogP contribution is 2.34. The third-order valence-corrected chi connectivity index (χ3v) is 5.68. The molecule has 1 fully saturated rings. The van der Waals surface area contributed by atoms with Gasteiger partial charge in [-0.25, -0.2) is 0 Å². The zero-order valence-corrected chi connectivity index (χ0v) is 14.6. The number of rotatable bonds is 6. The lowest BCUT2D eigenvalue weighted by atomic mass is 10.0. The van der Waals surface area contributed by atoms with Crippen LogP contribution in [0.2, 0.25) is 8.67 Å². The van der Waals surface area contributed by atoms with Gasteiger partial charge in [-0.2, -0.15) is 0 Å². The first-order valence-electron chi connectivity index (χ1n) is 7.50. The van der Waals surface area contributed by atoms with Crippen LogP contribution in [0.3, 0.4) is 0 Å². The van der Waals surface area contributed by atoms with E-state index in [0.717, 1.165) is 26.8 Å². The van der Waals surface area contributed by atoms with E-state index < -0.39 is 0 Å². The Bertz CT molecular complexity index is 422. The molecule has 1 aromatic heterocycles. The molecule has 114 valence electrons. The molecule has 2 unspecified atom stereocenters. The first-order valence-corrected chi connectivity index (χ1v) is 9.07. The summed E-state index contributed by atoms with van der Waals surface area (Å²) in [4.78, 5) is 2.62. The van der Waals surface area contributed by atoms with Crippen LogP contribution < -0.4 is 5.32 Å². The Morgan fingerprint density at radius 1 is 1.45 bits per heavy atom. The molecular formula is C15H24Cl2N2S. The Kier molecular flexibility index (Phi) is 6.63. The van der Waals surface area contributed by atoms with Crippen molar-refractivity contribution in [3.63, 3.8) is 0 Å². The fourth-order valence-corrected chi connectivity index (χ4v) is 4.49. The predicted octanol–water partition coefficient (Wildman–Crippen LogP) is 4.97. The van der Waals surface area contributed by atoms with Gasteiger partial charge < -0.3 is 10.2 Å². The fraction of sp³-hybridized carbons (Fsp3) is 0.733. The highest BCUT2D eigenvalue weighted by molar-refractivity contribution is 7.20. The van der Waals surface area contributed by atoms with E-state index in [1.807, 2.05) is 6.07 Å². The first-order chi connectivity index (χ1) is 9.58. The summed E-state index contributed by atoms with van der Waals surface area (Å²) in [6.07, 6.45) is 5.29. The van der Waals surface area contributed by atoms with Gasteiger partial charge in [0, 0.05) is 12.1 Å². The number of nitrogens with zero attached hydrogens (tertiary/aromatic N) is 1. The molecule has 1 aromatic rings. The quantitative estimate of drug-likeness (QED) is 0.739. The van der Waals surface area contributed by atoms with Gasteiger partial charge in [-0.15, -0.1) is 11.3 Å². The van der Waals surface area contributed by atoms with Crippen molar-refractivity contribution in [3.05, 3.63) is 20.3 Å². The van der Waals surface area contributed by atoms with Crippen molar-refractivity contribution >= 4 is 34.5 Å². The Labute approximate surface area is 136 Å². The van der Waals surface area contributed by atoms with Gasteiger partial charge in [0.2, 0.25) is 0 Å². The smallest absolute Gasteiger partial charge is 0.0991 e. The van der Waals surface area contributed by atoms with Crippen molar-refractivity contribution < 1.29 is 0 Å². The van der Waals surface area contributed by atoms with Crippen molar-refractivity contribution in [2.75, 3.05) is 19.6 Å². The van der Waals surface area contributed by atoms with Crippen LogP contribution in [0, 0.1) is 0 Å². The number of nitrogens with one attached hydrogen (secondary N) is 1. The summed E-state index contributed by atoms with van der Waals surface area (Å²) >= 11 is 13.6. The monoisotopic (exact) mass is 334 g/mol.